The third-order valence-electron chi connectivity index (χ3n) is 4.54. The van der Waals surface area contributed by atoms with Gasteiger partial charge in [-0.15, -0.1) is 0 Å². The minimum Gasteiger partial charge on any atom is -0.492 e. The molecule has 1 heterocycles. The SMILES string of the molecule is Cc1nn(Cc2ccc(C(=O)NCCOc3ccc(F)cc3)cc2)c(C)c1[N+](=O)[O-]. The fourth-order valence-electron chi connectivity index (χ4n) is 3.01. The van der Waals surface area contributed by atoms with Gasteiger partial charge >= 0.3 is 5.69 Å². The molecule has 0 atom stereocenters. The summed E-state index contributed by atoms with van der Waals surface area (Å²) in [5.74, 6) is -0.0550. The third-order valence-corrected chi connectivity index (χ3v) is 4.54. The topological polar surface area (TPSA) is 99.3 Å². The van der Waals surface area contributed by atoms with Crippen LogP contribution in [0.25, 0.3) is 0 Å². The number of ether oxygens (including phenoxy) is 1. The van der Waals surface area contributed by atoms with Crippen LogP contribution in [-0.4, -0.2) is 33.8 Å². The fraction of sp³-hybridized carbons (Fsp3) is 0.238. The molecule has 0 saturated carbocycles. The van der Waals surface area contributed by atoms with E-state index in [4.69, 9.17) is 4.74 Å². The number of nitro groups is 1. The molecule has 0 aliphatic rings. The molecule has 1 amide bonds. The van der Waals surface area contributed by atoms with Crippen LogP contribution in [0.15, 0.2) is 48.5 Å². The second-order valence-corrected chi connectivity index (χ2v) is 6.69. The molecule has 2 aromatic carbocycles. The number of amides is 1. The Kier molecular flexibility index (Phi) is 6.41. The molecule has 9 heteroatoms. The van der Waals surface area contributed by atoms with Gasteiger partial charge in [0.25, 0.3) is 5.91 Å². The smallest absolute Gasteiger partial charge is 0.312 e. The van der Waals surface area contributed by atoms with Gasteiger partial charge in [-0.25, -0.2) is 4.39 Å². The van der Waals surface area contributed by atoms with Crippen LogP contribution in [-0.2, 0) is 6.54 Å². The number of carbonyl (C=O) groups is 1. The summed E-state index contributed by atoms with van der Waals surface area (Å²) in [4.78, 5) is 22.9. The summed E-state index contributed by atoms with van der Waals surface area (Å²) < 4.78 is 19.9. The van der Waals surface area contributed by atoms with Gasteiger partial charge in [-0.05, 0) is 55.8 Å². The van der Waals surface area contributed by atoms with Crippen molar-refractivity contribution in [3.63, 3.8) is 0 Å². The second kappa shape index (κ2) is 9.17. The number of rotatable bonds is 8. The molecule has 0 saturated heterocycles. The summed E-state index contributed by atoms with van der Waals surface area (Å²) >= 11 is 0. The average Bonchev–Trinajstić information content (AvgIpc) is 3.00. The molecule has 0 unspecified atom stereocenters. The summed E-state index contributed by atoms with van der Waals surface area (Å²) in [5, 5.41) is 18.1. The first-order chi connectivity index (χ1) is 14.3. The first kappa shape index (κ1) is 21.0. The average molecular weight is 412 g/mol. The number of aromatic nitrogens is 2. The van der Waals surface area contributed by atoms with Gasteiger partial charge in [-0.1, -0.05) is 12.1 Å². The number of carbonyl (C=O) groups excluding carboxylic acids is 1. The number of hydrogen-bond acceptors (Lipinski definition) is 5. The predicted octanol–water partition coefficient (Wildman–Crippen LogP) is 3.40. The number of halogens is 1. The van der Waals surface area contributed by atoms with Crippen molar-refractivity contribution >= 4 is 11.6 Å². The summed E-state index contributed by atoms with van der Waals surface area (Å²) in [6.07, 6.45) is 0. The molecule has 1 aromatic heterocycles. The molecule has 0 bridgehead atoms. The highest BCUT2D eigenvalue weighted by Crippen LogP contribution is 2.22. The Hall–Kier alpha value is -3.75. The summed E-state index contributed by atoms with van der Waals surface area (Å²) in [5.41, 5.74) is 2.23. The maximum atomic E-state index is 12.8. The van der Waals surface area contributed by atoms with Crippen molar-refractivity contribution in [2.45, 2.75) is 20.4 Å². The minimum absolute atomic E-state index is 0.0221. The first-order valence-electron chi connectivity index (χ1n) is 9.29. The van der Waals surface area contributed by atoms with E-state index < -0.39 is 4.92 Å². The number of aryl methyl sites for hydroxylation is 1. The Balaban J connectivity index is 1.52. The largest absolute Gasteiger partial charge is 0.492 e. The highest BCUT2D eigenvalue weighted by molar-refractivity contribution is 5.94. The Morgan fingerprint density at radius 2 is 1.83 bits per heavy atom. The van der Waals surface area contributed by atoms with E-state index in [2.05, 4.69) is 10.4 Å². The molecule has 3 rings (SSSR count). The Morgan fingerprint density at radius 3 is 2.43 bits per heavy atom. The van der Waals surface area contributed by atoms with Crippen LogP contribution < -0.4 is 10.1 Å². The van der Waals surface area contributed by atoms with Gasteiger partial charge in [0, 0.05) is 5.56 Å². The third kappa shape index (κ3) is 4.99. The lowest BCUT2D eigenvalue weighted by Crippen LogP contribution is -2.28. The molecule has 0 spiro atoms. The molecule has 0 aliphatic heterocycles. The van der Waals surface area contributed by atoms with E-state index in [0.29, 0.717) is 35.8 Å². The van der Waals surface area contributed by atoms with Crippen molar-refractivity contribution in [3.05, 3.63) is 87.0 Å². The lowest BCUT2D eigenvalue weighted by atomic mass is 10.1. The van der Waals surface area contributed by atoms with E-state index in [-0.39, 0.29) is 24.0 Å². The molecule has 8 nitrogen and oxygen atoms in total. The Bertz CT molecular complexity index is 1050. The molecule has 30 heavy (non-hydrogen) atoms. The van der Waals surface area contributed by atoms with Crippen molar-refractivity contribution < 1.29 is 18.8 Å². The van der Waals surface area contributed by atoms with Crippen LogP contribution in [0.4, 0.5) is 10.1 Å². The maximum absolute atomic E-state index is 12.8. The van der Waals surface area contributed by atoms with E-state index >= 15 is 0 Å². The van der Waals surface area contributed by atoms with Crippen molar-refractivity contribution in [1.82, 2.24) is 15.1 Å². The number of nitrogens with one attached hydrogen (secondary N) is 1. The maximum Gasteiger partial charge on any atom is 0.312 e. The monoisotopic (exact) mass is 412 g/mol. The lowest BCUT2D eigenvalue weighted by Gasteiger charge is -2.09. The standard InChI is InChI=1S/C21H21FN4O4/c1-14-20(26(28)29)15(2)25(24-14)13-16-3-5-17(6-4-16)21(27)23-11-12-30-19-9-7-18(22)8-10-19/h3-10H,11-13H2,1-2H3,(H,23,27). The number of benzene rings is 2. The van der Waals surface area contributed by atoms with E-state index in [1.54, 1.807) is 42.8 Å². The van der Waals surface area contributed by atoms with Gasteiger partial charge < -0.3 is 10.1 Å². The normalized spacial score (nSPS) is 10.6. The molecular weight excluding hydrogens is 391 g/mol. The zero-order chi connectivity index (χ0) is 21.7. The zero-order valence-electron chi connectivity index (χ0n) is 16.6. The molecule has 0 fully saturated rings. The second-order valence-electron chi connectivity index (χ2n) is 6.69. The van der Waals surface area contributed by atoms with E-state index in [1.807, 2.05) is 0 Å². The Labute approximate surface area is 172 Å². The Morgan fingerprint density at radius 1 is 1.17 bits per heavy atom. The summed E-state index contributed by atoms with van der Waals surface area (Å²) in [6, 6.07) is 12.6. The van der Waals surface area contributed by atoms with Gasteiger partial charge in [0.05, 0.1) is 18.0 Å². The highest BCUT2D eigenvalue weighted by Gasteiger charge is 2.21. The van der Waals surface area contributed by atoms with Crippen molar-refractivity contribution in [2.24, 2.45) is 0 Å². The quantitative estimate of drug-likeness (QED) is 0.347. The van der Waals surface area contributed by atoms with Crippen LogP contribution in [0.3, 0.4) is 0 Å². The van der Waals surface area contributed by atoms with Gasteiger partial charge in [-0.3, -0.25) is 19.6 Å². The number of nitrogens with zero attached hydrogens (tertiary/aromatic N) is 3. The summed E-state index contributed by atoms with van der Waals surface area (Å²) in [6.45, 7) is 4.19. The van der Waals surface area contributed by atoms with Gasteiger partial charge in [0.1, 0.15) is 29.6 Å². The van der Waals surface area contributed by atoms with Crippen LogP contribution in [0.1, 0.15) is 27.3 Å². The van der Waals surface area contributed by atoms with Crippen LogP contribution >= 0.6 is 0 Å². The van der Waals surface area contributed by atoms with E-state index in [1.165, 1.54) is 24.3 Å². The van der Waals surface area contributed by atoms with Crippen LogP contribution in [0.2, 0.25) is 0 Å². The van der Waals surface area contributed by atoms with Crippen molar-refractivity contribution in [1.29, 1.82) is 0 Å². The highest BCUT2D eigenvalue weighted by atomic mass is 19.1. The molecular formula is C21H21FN4O4. The van der Waals surface area contributed by atoms with Crippen molar-refractivity contribution in [2.75, 3.05) is 13.2 Å². The van der Waals surface area contributed by atoms with Crippen molar-refractivity contribution in [3.8, 4) is 5.75 Å². The molecule has 1 N–H and O–H groups in total. The molecule has 156 valence electrons. The van der Waals surface area contributed by atoms with Gasteiger partial charge in [-0.2, -0.15) is 5.10 Å². The predicted molar refractivity (Wildman–Crippen MR) is 108 cm³/mol. The van der Waals surface area contributed by atoms with Crippen LogP contribution in [0.5, 0.6) is 5.75 Å². The summed E-state index contributed by atoms with van der Waals surface area (Å²) in [7, 11) is 0. The fourth-order valence-corrected chi connectivity index (χ4v) is 3.01. The van der Waals surface area contributed by atoms with E-state index in [9.17, 15) is 19.3 Å². The van der Waals surface area contributed by atoms with Crippen LogP contribution in [0, 0.1) is 29.8 Å². The molecule has 3 aromatic rings. The lowest BCUT2D eigenvalue weighted by molar-refractivity contribution is -0.386. The molecule has 0 radical (unpaired) electrons. The molecule has 0 aliphatic carbocycles. The minimum atomic E-state index is -0.429. The number of hydrogen-bond donors (Lipinski definition) is 1. The van der Waals surface area contributed by atoms with Gasteiger partial charge in [0.2, 0.25) is 0 Å². The van der Waals surface area contributed by atoms with Gasteiger partial charge in [0.15, 0.2) is 0 Å². The zero-order valence-corrected chi connectivity index (χ0v) is 16.6. The van der Waals surface area contributed by atoms with E-state index in [0.717, 1.165) is 5.56 Å². The first-order valence-corrected chi connectivity index (χ1v) is 9.29.